The lowest BCUT2D eigenvalue weighted by Gasteiger charge is -2.32. The van der Waals surface area contributed by atoms with Gasteiger partial charge in [0, 0.05) is 23.0 Å². The van der Waals surface area contributed by atoms with Crippen molar-refractivity contribution in [2.24, 2.45) is 0 Å². The van der Waals surface area contributed by atoms with Gasteiger partial charge in [-0.15, -0.1) is 11.3 Å². The van der Waals surface area contributed by atoms with Gasteiger partial charge < -0.3 is 19.3 Å². The molecule has 0 radical (unpaired) electrons. The average molecular weight is 419 g/mol. The van der Waals surface area contributed by atoms with E-state index in [1.54, 1.807) is 22.6 Å². The number of hydrogen-bond donors (Lipinski definition) is 0. The second-order valence-electron chi connectivity index (χ2n) is 8.16. The van der Waals surface area contributed by atoms with Crippen molar-refractivity contribution in [3.63, 3.8) is 0 Å². The monoisotopic (exact) mass is 418 g/mol. The summed E-state index contributed by atoms with van der Waals surface area (Å²) in [5.41, 5.74) is 1.13. The molecule has 2 aromatic rings. The van der Waals surface area contributed by atoms with Crippen LogP contribution in [-0.4, -0.2) is 65.3 Å². The highest BCUT2D eigenvalue weighted by atomic mass is 32.1. The maximum atomic E-state index is 12.4. The molecule has 7 nitrogen and oxygen atoms in total. The Morgan fingerprint density at radius 1 is 1.28 bits per heavy atom. The standard InChI is InChI=1S/C21H30N4O3S/c1-4-11-27-21(26)25-10-9-17-16(12-25)18-19(22-13-23-20(18)29-17)28-15-7-5-14(6-8-15)24(2)3/h13-15H,4-12H2,1-3H3. The highest BCUT2D eigenvalue weighted by molar-refractivity contribution is 7.18. The first-order chi connectivity index (χ1) is 14.1. The molecule has 158 valence electrons. The van der Waals surface area contributed by atoms with E-state index < -0.39 is 0 Å². The Morgan fingerprint density at radius 3 is 2.79 bits per heavy atom. The molecular formula is C21H30N4O3S. The predicted molar refractivity (Wildman–Crippen MR) is 114 cm³/mol. The van der Waals surface area contributed by atoms with Gasteiger partial charge in [0.15, 0.2) is 0 Å². The quantitative estimate of drug-likeness (QED) is 0.735. The molecular weight excluding hydrogens is 388 g/mol. The third kappa shape index (κ3) is 4.33. The van der Waals surface area contributed by atoms with Crippen LogP contribution in [0.25, 0.3) is 10.2 Å². The predicted octanol–water partition coefficient (Wildman–Crippen LogP) is 3.85. The van der Waals surface area contributed by atoms with Gasteiger partial charge in [-0.1, -0.05) is 6.92 Å². The second-order valence-corrected chi connectivity index (χ2v) is 9.24. The number of thiophene rings is 1. The molecule has 2 aliphatic rings. The first-order valence-corrected chi connectivity index (χ1v) is 11.4. The Hall–Kier alpha value is -1.93. The average Bonchev–Trinajstić information content (AvgIpc) is 3.11. The first kappa shape index (κ1) is 20.3. The van der Waals surface area contributed by atoms with E-state index in [0.717, 1.165) is 54.3 Å². The van der Waals surface area contributed by atoms with Crippen LogP contribution in [0.1, 0.15) is 49.5 Å². The van der Waals surface area contributed by atoms with Crippen LogP contribution in [0.5, 0.6) is 5.88 Å². The van der Waals surface area contributed by atoms with Crippen LogP contribution in [0, 0.1) is 0 Å². The molecule has 0 unspecified atom stereocenters. The summed E-state index contributed by atoms with van der Waals surface area (Å²) in [4.78, 5) is 27.6. The van der Waals surface area contributed by atoms with Gasteiger partial charge in [-0.3, -0.25) is 0 Å². The SMILES string of the molecule is CCCOC(=O)N1CCc2sc3ncnc(OC4CCC(N(C)C)CC4)c3c2C1. The maximum absolute atomic E-state index is 12.4. The molecule has 1 saturated carbocycles. The van der Waals surface area contributed by atoms with Crippen molar-refractivity contribution >= 4 is 27.6 Å². The number of aromatic nitrogens is 2. The van der Waals surface area contributed by atoms with Gasteiger partial charge in [0.25, 0.3) is 0 Å². The van der Waals surface area contributed by atoms with Gasteiger partial charge >= 0.3 is 6.09 Å². The highest BCUT2D eigenvalue weighted by Gasteiger charge is 2.29. The minimum atomic E-state index is -0.238. The smallest absolute Gasteiger partial charge is 0.410 e. The van der Waals surface area contributed by atoms with Crippen molar-refractivity contribution in [1.82, 2.24) is 19.8 Å². The van der Waals surface area contributed by atoms with Crippen molar-refractivity contribution in [3.05, 3.63) is 16.8 Å². The van der Waals surface area contributed by atoms with Gasteiger partial charge in [0.2, 0.25) is 5.88 Å². The van der Waals surface area contributed by atoms with Gasteiger partial charge in [0.1, 0.15) is 17.3 Å². The molecule has 8 heteroatoms. The summed E-state index contributed by atoms with van der Waals surface area (Å²) in [6, 6.07) is 0.636. The Balaban J connectivity index is 1.53. The number of fused-ring (bicyclic) bond motifs is 3. The summed E-state index contributed by atoms with van der Waals surface area (Å²) in [5.74, 6) is 0.671. The zero-order valence-electron chi connectivity index (χ0n) is 17.5. The van der Waals surface area contributed by atoms with Gasteiger partial charge in [-0.2, -0.15) is 0 Å². The fraction of sp³-hybridized carbons (Fsp3) is 0.667. The normalized spacial score (nSPS) is 22.0. The van der Waals surface area contributed by atoms with Gasteiger partial charge in [-0.25, -0.2) is 14.8 Å². The molecule has 2 aromatic heterocycles. The van der Waals surface area contributed by atoms with E-state index in [2.05, 4.69) is 29.0 Å². The van der Waals surface area contributed by atoms with Crippen molar-refractivity contribution in [2.45, 2.75) is 64.1 Å². The molecule has 1 fully saturated rings. The van der Waals surface area contributed by atoms with Crippen LogP contribution in [0.15, 0.2) is 6.33 Å². The maximum Gasteiger partial charge on any atom is 0.410 e. The van der Waals surface area contributed by atoms with E-state index >= 15 is 0 Å². The Bertz CT molecular complexity index is 861. The third-order valence-corrected chi connectivity index (χ3v) is 7.13. The fourth-order valence-electron chi connectivity index (χ4n) is 4.25. The highest BCUT2D eigenvalue weighted by Crippen LogP contribution is 2.39. The number of hydrogen-bond acceptors (Lipinski definition) is 7. The number of carbonyl (C=O) groups excluding carboxylic acids is 1. The Kier molecular flexibility index (Phi) is 6.20. The third-order valence-electron chi connectivity index (χ3n) is 5.93. The summed E-state index contributed by atoms with van der Waals surface area (Å²) < 4.78 is 11.7. The van der Waals surface area contributed by atoms with Crippen LogP contribution < -0.4 is 4.74 Å². The fourth-order valence-corrected chi connectivity index (χ4v) is 5.38. The van der Waals surface area contributed by atoms with Gasteiger partial charge in [-0.05, 0) is 52.6 Å². The molecule has 0 N–H and O–H groups in total. The van der Waals surface area contributed by atoms with Crippen molar-refractivity contribution in [2.75, 3.05) is 27.2 Å². The zero-order chi connectivity index (χ0) is 20.4. The van der Waals surface area contributed by atoms with Crippen LogP contribution in [0.2, 0.25) is 0 Å². The lowest BCUT2D eigenvalue weighted by molar-refractivity contribution is 0.0979. The minimum Gasteiger partial charge on any atom is -0.474 e. The summed E-state index contributed by atoms with van der Waals surface area (Å²) >= 11 is 1.70. The molecule has 0 spiro atoms. The minimum absolute atomic E-state index is 0.189. The van der Waals surface area contributed by atoms with E-state index in [0.29, 0.717) is 31.6 Å². The number of rotatable bonds is 5. The van der Waals surface area contributed by atoms with Gasteiger partial charge in [0.05, 0.1) is 18.5 Å². The van der Waals surface area contributed by atoms with Crippen molar-refractivity contribution in [3.8, 4) is 5.88 Å². The Labute approximate surface area is 176 Å². The molecule has 1 aliphatic carbocycles. The van der Waals surface area contributed by atoms with E-state index in [9.17, 15) is 4.79 Å². The van der Waals surface area contributed by atoms with Crippen LogP contribution in [0.4, 0.5) is 4.79 Å². The van der Waals surface area contributed by atoms with E-state index in [1.807, 2.05) is 6.92 Å². The molecule has 3 heterocycles. The van der Waals surface area contributed by atoms with E-state index in [-0.39, 0.29) is 12.2 Å². The van der Waals surface area contributed by atoms with E-state index in [1.165, 1.54) is 4.88 Å². The largest absolute Gasteiger partial charge is 0.474 e. The molecule has 0 aromatic carbocycles. The molecule has 29 heavy (non-hydrogen) atoms. The lowest BCUT2D eigenvalue weighted by Crippen LogP contribution is -2.36. The van der Waals surface area contributed by atoms with Crippen molar-refractivity contribution in [1.29, 1.82) is 0 Å². The summed E-state index contributed by atoms with van der Waals surface area (Å²) in [6.45, 7) is 3.68. The number of amides is 1. The molecule has 1 amide bonds. The summed E-state index contributed by atoms with van der Waals surface area (Å²) in [7, 11) is 4.30. The Morgan fingerprint density at radius 2 is 2.07 bits per heavy atom. The number of nitrogens with zero attached hydrogens (tertiary/aromatic N) is 4. The molecule has 4 rings (SSSR count). The van der Waals surface area contributed by atoms with E-state index in [4.69, 9.17) is 9.47 Å². The van der Waals surface area contributed by atoms with Crippen LogP contribution >= 0.6 is 11.3 Å². The summed E-state index contributed by atoms with van der Waals surface area (Å²) in [6.07, 6.45) is 7.56. The zero-order valence-corrected chi connectivity index (χ0v) is 18.3. The van der Waals surface area contributed by atoms with Crippen LogP contribution in [-0.2, 0) is 17.7 Å². The van der Waals surface area contributed by atoms with Crippen LogP contribution in [0.3, 0.4) is 0 Å². The number of ether oxygens (including phenoxy) is 2. The molecule has 0 bridgehead atoms. The topological polar surface area (TPSA) is 67.8 Å². The summed E-state index contributed by atoms with van der Waals surface area (Å²) in [5, 5.41) is 0.982. The number of carbonyl (C=O) groups is 1. The molecule has 1 aliphatic heterocycles. The lowest BCUT2D eigenvalue weighted by atomic mass is 9.92. The molecule has 0 saturated heterocycles. The first-order valence-electron chi connectivity index (χ1n) is 10.6. The second kappa shape index (κ2) is 8.83. The molecule has 0 atom stereocenters. The van der Waals surface area contributed by atoms with Crippen molar-refractivity contribution < 1.29 is 14.3 Å².